The minimum absolute atomic E-state index is 0.0999. The van der Waals surface area contributed by atoms with Gasteiger partial charge in [-0.1, -0.05) is 0 Å². The van der Waals surface area contributed by atoms with Gasteiger partial charge in [0, 0.05) is 0 Å². The van der Waals surface area contributed by atoms with Crippen LogP contribution in [0.5, 0.6) is 0 Å². The Kier molecular flexibility index (Phi) is 3.34. The lowest BCUT2D eigenvalue weighted by atomic mass is 10.1. The van der Waals surface area contributed by atoms with Gasteiger partial charge in [-0.15, -0.1) is 0 Å². The lowest BCUT2D eigenvalue weighted by Gasteiger charge is -2.25. The molecule has 1 amide bonds. The highest BCUT2D eigenvalue weighted by molar-refractivity contribution is 5.98. The van der Waals surface area contributed by atoms with Crippen LogP contribution in [0.15, 0.2) is 12.3 Å². The number of carbonyl (C=O) groups excluding carboxylic acids is 1. The molecule has 0 bridgehead atoms. The summed E-state index contributed by atoms with van der Waals surface area (Å²) in [5.41, 5.74) is 10.7. The number of nitrogens with one attached hydrogen (secondary N) is 1. The highest BCUT2D eigenvalue weighted by Gasteiger charge is 2.20. The second kappa shape index (κ2) is 4.36. The van der Waals surface area contributed by atoms with E-state index < -0.39 is 11.4 Å². The van der Waals surface area contributed by atoms with Crippen LogP contribution in [0.3, 0.4) is 0 Å². The Hall–Kier alpha value is -1.82. The molecule has 0 radical (unpaired) electrons. The van der Waals surface area contributed by atoms with Crippen molar-refractivity contribution in [1.29, 1.82) is 0 Å². The summed E-state index contributed by atoms with van der Waals surface area (Å²) in [6.45, 7) is 3.45. The van der Waals surface area contributed by atoms with Gasteiger partial charge in [0.2, 0.25) is 0 Å². The number of nitrogens with zero attached hydrogens (tertiary/aromatic N) is 1. The van der Waals surface area contributed by atoms with Crippen molar-refractivity contribution in [1.82, 2.24) is 4.98 Å². The SMILES string of the molecule is CC(C)(CO)Nc1ncc(N)cc1C(N)=O. The van der Waals surface area contributed by atoms with Crippen LogP contribution in [0, 0.1) is 0 Å². The molecule has 0 aliphatic heterocycles. The summed E-state index contributed by atoms with van der Waals surface area (Å²) in [6, 6.07) is 1.45. The number of carbonyl (C=O) groups is 1. The molecule has 0 aromatic carbocycles. The molecule has 0 fully saturated rings. The maximum atomic E-state index is 11.2. The van der Waals surface area contributed by atoms with Crippen LogP contribution in [0.2, 0.25) is 0 Å². The summed E-state index contributed by atoms with van der Waals surface area (Å²) in [5.74, 6) is -0.295. The maximum Gasteiger partial charge on any atom is 0.252 e. The predicted molar refractivity (Wildman–Crippen MR) is 62.0 cm³/mol. The van der Waals surface area contributed by atoms with Crippen molar-refractivity contribution in [3.05, 3.63) is 17.8 Å². The number of hydrogen-bond donors (Lipinski definition) is 4. The largest absolute Gasteiger partial charge is 0.397 e. The fourth-order valence-corrected chi connectivity index (χ4v) is 1.13. The van der Waals surface area contributed by atoms with Crippen molar-refractivity contribution in [3.8, 4) is 0 Å². The Morgan fingerprint density at radius 3 is 2.75 bits per heavy atom. The highest BCUT2D eigenvalue weighted by Crippen LogP contribution is 2.19. The van der Waals surface area contributed by atoms with Gasteiger partial charge in [0.1, 0.15) is 5.82 Å². The van der Waals surface area contributed by atoms with E-state index in [1.165, 1.54) is 12.3 Å². The number of amides is 1. The number of aliphatic hydroxyl groups excluding tert-OH is 1. The molecular formula is C10H16N4O2. The van der Waals surface area contributed by atoms with Crippen molar-refractivity contribution in [2.24, 2.45) is 5.73 Å². The van der Waals surface area contributed by atoms with E-state index in [9.17, 15) is 4.79 Å². The zero-order chi connectivity index (χ0) is 12.3. The second-order valence-corrected chi connectivity index (χ2v) is 4.20. The number of aromatic nitrogens is 1. The monoisotopic (exact) mass is 224 g/mol. The third kappa shape index (κ3) is 2.83. The number of anilines is 2. The van der Waals surface area contributed by atoms with E-state index in [1.807, 2.05) is 0 Å². The fraction of sp³-hybridized carbons (Fsp3) is 0.400. The number of primary amides is 1. The molecule has 0 saturated heterocycles. The Morgan fingerprint density at radius 2 is 2.25 bits per heavy atom. The number of pyridine rings is 1. The molecule has 6 N–H and O–H groups in total. The van der Waals surface area contributed by atoms with Crippen LogP contribution in [0.1, 0.15) is 24.2 Å². The van der Waals surface area contributed by atoms with Gasteiger partial charge in [0.25, 0.3) is 5.91 Å². The van der Waals surface area contributed by atoms with E-state index >= 15 is 0 Å². The average Bonchev–Trinajstić information content (AvgIpc) is 2.20. The first-order valence-electron chi connectivity index (χ1n) is 4.80. The van der Waals surface area contributed by atoms with Gasteiger partial charge in [-0.2, -0.15) is 0 Å². The number of nitrogens with two attached hydrogens (primary N) is 2. The van der Waals surface area contributed by atoms with Gasteiger partial charge in [-0.3, -0.25) is 4.79 Å². The van der Waals surface area contributed by atoms with Gasteiger partial charge < -0.3 is 21.9 Å². The van der Waals surface area contributed by atoms with E-state index in [1.54, 1.807) is 13.8 Å². The van der Waals surface area contributed by atoms with E-state index in [0.717, 1.165) is 0 Å². The second-order valence-electron chi connectivity index (χ2n) is 4.20. The molecule has 1 aromatic heterocycles. The third-order valence-corrected chi connectivity index (χ3v) is 2.03. The van der Waals surface area contributed by atoms with Crippen molar-refractivity contribution < 1.29 is 9.90 Å². The first kappa shape index (κ1) is 12.3. The Bertz CT molecular complexity index is 404. The van der Waals surface area contributed by atoms with Gasteiger partial charge in [0.15, 0.2) is 0 Å². The number of rotatable bonds is 4. The molecule has 88 valence electrons. The number of nitrogen functional groups attached to an aromatic ring is 1. The molecule has 1 heterocycles. The summed E-state index contributed by atoms with van der Waals surface area (Å²) in [7, 11) is 0. The predicted octanol–water partition coefficient (Wildman–Crippen LogP) is -0.0545. The van der Waals surface area contributed by atoms with Crippen molar-refractivity contribution in [3.63, 3.8) is 0 Å². The molecular weight excluding hydrogens is 208 g/mol. The molecule has 0 aliphatic carbocycles. The van der Waals surface area contributed by atoms with Gasteiger partial charge in [-0.25, -0.2) is 4.98 Å². The Morgan fingerprint density at radius 1 is 1.62 bits per heavy atom. The molecule has 1 rings (SSSR count). The van der Waals surface area contributed by atoms with E-state index in [2.05, 4.69) is 10.3 Å². The summed E-state index contributed by atoms with van der Waals surface area (Å²) in [6.07, 6.45) is 1.42. The molecule has 0 atom stereocenters. The van der Waals surface area contributed by atoms with E-state index in [4.69, 9.17) is 16.6 Å². The van der Waals surface area contributed by atoms with Crippen LogP contribution in [-0.4, -0.2) is 28.1 Å². The molecule has 0 aliphatic rings. The van der Waals surface area contributed by atoms with E-state index in [-0.39, 0.29) is 12.2 Å². The first-order valence-corrected chi connectivity index (χ1v) is 4.80. The quantitative estimate of drug-likeness (QED) is 0.572. The smallest absolute Gasteiger partial charge is 0.252 e. The van der Waals surface area contributed by atoms with E-state index in [0.29, 0.717) is 11.5 Å². The summed E-state index contributed by atoms with van der Waals surface area (Å²) in [4.78, 5) is 15.2. The van der Waals surface area contributed by atoms with Crippen LogP contribution in [0.25, 0.3) is 0 Å². The van der Waals surface area contributed by atoms with Crippen molar-refractivity contribution in [2.45, 2.75) is 19.4 Å². The van der Waals surface area contributed by atoms with Crippen LogP contribution in [-0.2, 0) is 0 Å². The Balaban J connectivity index is 3.09. The molecule has 0 saturated carbocycles. The molecule has 16 heavy (non-hydrogen) atoms. The van der Waals surface area contributed by atoms with Gasteiger partial charge in [0.05, 0.1) is 29.6 Å². The topological polar surface area (TPSA) is 114 Å². The molecule has 0 unspecified atom stereocenters. The third-order valence-electron chi connectivity index (χ3n) is 2.03. The van der Waals surface area contributed by atoms with Crippen molar-refractivity contribution in [2.75, 3.05) is 17.7 Å². The average molecular weight is 224 g/mol. The molecule has 6 nitrogen and oxygen atoms in total. The lowest BCUT2D eigenvalue weighted by Crippen LogP contribution is -2.36. The lowest BCUT2D eigenvalue weighted by molar-refractivity contribution is 0.100. The van der Waals surface area contributed by atoms with Crippen LogP contribution < -0.4 is 16.8 Å². The zero-order valence-electron chi connectivity index (χ0n) is 9.32. The minimum Gasteiger partial charge on any atom is -0.397 e. The van der Waals surface area contributed by atoms with Gasteiger partial charge in [-0.05, 0) is 19.9 Å². The normalized spacial score (nSPS) is 11.2. The number of hydrogen-bond acceptors (Lipinski definition) is 5. The standard InChI is InChI=1S/C10H16N4O2/c1-10(2,5-15)14-9-7(8(12)16)3-6(11)4-13-9/h3-4,15H,5,11H2,1-2H3,(H2,12,16)(H,13,14). The maximum absolute atomic E-state index is 11.2. The van der Waals surface area contributed by atoms with Gasteiger partial charge >= 0.3 is 0 Å². The molecule has 6 heteroatoms. The van der Waals surface area contributed by atoms with Crippen molar-refractivity contribution >= 4 is 17.4 Å². The Labute approximate surface area is 93.7 Å². The summed E-state index contributed by atoms with van der Waals surface area (Å²) >= 11 is 0. The molecule has 0 spiro atoms. The fourth-order valence-electron chi connectivity index (χ4n) is 1.13. The number of aliphatic hydroxyl groups is 1. The van der Waals surface area contributed by atoms with Crippen LogP contribution in [0.4, 0.5) is 11.5 Å². The highest BCUT2D eigenvalue weighted by atomic mass is 16.3. The summed E-state index contributed by atoms with van der Waals surface area (Å²) in [5, 5.41) is 12.0. The minimum atomic E-state index is -0.615. The van der Waals surface area contributed by atoms with Crippen LogP contribution >= 0.6 is 0 Å². The first-order chi connectivity index (χ1) is 7.35. The molecule has 1 aromatic rings. The zero-order valence-corrected chi connectivity index (χ0v) is 9.32. The summed E-state index contributed by atoms with van der Waals surface area (Å²) < 4.78 is 0.